The van der Waals surface area contributed by atoms with Crippen LogP contribution in [0.5, 0.6) is 0 Å². The van der Waals surface area contributed by atoms with Crippen molar-refractivity contribution in [1.29, 1.82) is 0 Å². The fourth-order valence-corrected chi connectivity index (χ4v) is 3.30. The zero-order valence-corrected chi connectivity index (χ0v) is 13.9. The molecular weight excluding hydrogens is 316 g/mol. The van der Waals surface area contributed by atoms with Gasteiger partial charge in [0.1, 0.15) is 5.54 Å². The number of likely N-dealkylation sites (N-methyl/N-ethyl adjacent to an activating group) is 1. The lowest BCUT2D eigenvalue weighted by Crippen LogP contribution is -3.16. The highest BCUT2D eigenvalue weighted by atomic mass is 79.9. The number of carbonyl (C=O) groups excluding carboxylic acids is 1. The first-order valence-corrected chi connectivity index (χ1v) is 8.17. The van der Waals surface area contributed by atoms with E-state index in [2.05, 4.69) is 35.3 Å². The Balaban J connectivity index is 1.98. The molecule has 3 nitrogen and oxygen atoms in total. The molecule has 0 heterocycles. The van der Waals surface area contributed by atoms with E-state index in [1.165, 1.54) is 37.0 Å². The Morgan fingerprint density at radius 2 is 1.80 bits per heavy atom. The van der Waals surface area contributed by atoms with Gasteiger partial charge in [-0.1, -0.05) is 22.4 Å². The van der Waals surface area contributed by atoms with Crippen molar-refractivity contribution in [2.75, 3.05) is 20.6 Å². The summed E-state index contributed by atoms with van der Waals surface area (Å²) in [5.41, 5.74) is 0.941. The molecule has 0 atom stereocenters. The predicted octanol–water partition coefficient (Wildman–Crippen LogP) is 2.03. The van der Waals surface area contributed by atoms with Crippen LogP contribution in [0.3, 0.4) is 0 Å². The number of benzene rings is 1. The minimum absolute atomic E-state index is 0.0312. The summed E-state index contributed by atoms with van der Waals surface area (Å²) >= 11 is 3.39. The highest BCUT2D eigenvalue weighted by molar-refractivity contribution is 9.10. The van der Waals surface area contributed by atoms with Gasteiger partial charge in [-0.2, -0.15) is 0 Å². The van der Waals surface area contributed by atoms with Crippen LogP contribution < -0.4 is 10.2 Å². The first-order chi connectivity index (χ1) is 9.53. The smallest absolute Gasteiger partial charge is 0.251 e. The average molecular weight is 340 g/mol. The van der Waals surface area contributed by atoms with Crippen LogP contribution in [0.25, 0.3) is 0 Å². The lowest BCUT2D eigenvalue weighted by Gasteiger charge is -2.39. The quantitative estimate of drug-likeness (QED) is 0.864. The molecule has 2 rings (SSSR count). The summed E-state index contributed by atoms with van der Waals surface area (Å²) in [6.45, 7) is 0.768. The molecule has 0 unspecified atom stereocenters. The molecule has 0 radical (unpaired) electrons. The van der Waals surface area contributed by atoms with E-state index in [-0.39, 0.29) is 11.4 Å². The monoisotopic (exact) mass is 339 g/mol. The number of amides is 1. The molecule has 20 heavy (non-hydrogen) atoms. The van der Waals surface area contributed by atoms with Gasteiger partial charge in [-0.3, -0.25) is 4.79 Å². The molecule has 1 fully saturated rings. The topological polar surface area (TPSA) is 33.5 Å². The van der Waals surface area contributed by atoms with Gasteiger partial charge in [0.2, 0.25) is 0 Å². The highest BCUT2D eigenvalue weighted by Crippen LogP contribution is 2.25. The Morgan fingerprint density at radius 3 is 2.35 bits per heavy atom. The van der Waals surface area contributed by atoms with Crippen molar-refractivity contribution in [3.63, 3.8) is 0 Å². The zero-order chi connectivity index (χ0) is 14.6. The second-order valence-corrected chi connectivity index (χ2v) is 6.95. The molecule has 4 heteroatoms. The maximum absolute atomic E-state index is 12.2. The molecular formula is C16H24BrN2O+. The zero-order valence-electron chi connectivity index (χ0n) is 12.3. The number of nitrogens with one attached hydrogen (secondary N) is 2. The van der Waals surface area contributed by atoms with E-state index in [0.29, 0.717) is 0 Å². The second kappa shape index (κ2) is 6.72. The number of hydrogen-bond donors (Lipinski definition) is 2. The summed E-state index contributed by atoms with van der Waals surface area (Å²) in [4.78, 5) is 13.7. The average Bonchev–Trinajstić information content (AvgIpc) is 2.46. The van der Waals surface area contributed by atoms with Gasteiger partial charge in [0.25, 0.3) is 5.91 Å². The van der Waals surface area contributed by atoms with Crippen molar-refractivity contribution >= 4 is 21.8 Å². The van der Waals surface area contributed by atoms with E-state index < -0.39 is 0 Å². The second-order valence-electron chi connectivity index (χ2n) is 6.03. The minimum Gasteiger partial charge on any atom is -0.346 e. The summed E-state index contributed by atoms with van der Waals surface area (Å²) in [7, 11) is 4.41. The normalized spacial score (nSPS) is 18.0. The van der Waals surface area contributed by atoms with Gasteiger partial charge >= 0.3 is 0 Å². The first kappa shape index (κ1) is 15.5. The van der Waals surface area contributed by atoms with E-state index in [9.17, 15) is 4.79 Å². The Morgan fingerprint density at radius 1 is 1.20 bits per heavy atom. The Hall–Kier alpha value is -0.870. The number of halogens is 1. The summed E-state index contributed by atoms with van der Waals surface area (Å²) in [5.74, 6) is 0.0312. The van der Waals surface area contributed by atoms with Gasteiger partial charge in [-0.25, -0.2) is 0 Å². The number of carbonyl (C=O) groups is 1. The van der Waals surface area contributed by atoms with Crippen LogP contribution in [0.4, 0.5) is 0 Å². The molecule has 2 N–H and O–H groups in total. The van der Waals surface area contributed by atoms with Crippen LogP contribution in [0.2, 0.25) is 0 Å². The minimum atomic E-state index is 0.0312. The van der Waals surface area contributed by atoms with Gasteiger partial charge in [0.05, 0.1) is 20.6 Å². The van der Waals surface area contributed by atoms with E-state index >= 15 is 0 Å². The molecule has 1 saturated carbocycles. The maximum atomic E-state index is 12.2. The Labute approximate surface area is 129 Å². The number of quaternary nitrogens is 1. The number of hydrogen-bond acceptors (Lipinski definition) is 1. The molecule has 1 aliphatic carbocycles. The predicted molar refractivity (Wildman–Crippen MR) is 85.1 cm³/mol. The molecule has 1 aliphatic rings. The largest absolute Gasteiger partial charge is 0.346 e. The molecule has 1 aromatic rings. The van der Waals surface area contributed by atoms with Crippen LogP contribution in [-0.4, -0.2) is 32.1 Å². The van der Waals surface area contributed by atoms with Crippen LogP contribution >= 0.6 is 15.9 Å². The van der Waals surface area contributed by atoms with E-state index in [0.717, 1.165) is 16.6 Å². The molecule has 0 aromatic heterocycles. The molecule has 0 aliphatic heterocycles. The third-order valence-corrected chi connectivity index (χ3v) is 5.09. The third kappa shape index (κ3) is 3.61. The lowest BCUT2D eigenvalue weighted by atomic mass is 9.80. The van der Waals surface area contributed by atoms with Gasteiger partial charge < -0.3 is 10.2 Å². The van der Waals surface area contributed by atoms with Crippen molar-refractivity contribution < 1.29 is 9.69 Å². The molecule has 0 bridgehead atoms. The SMILES string of the molecule is C[NH+](C)C1(CNC(=O)c2ccc(Br)cc2)CCCCC1. The summed E-state index contributed by atoms with van der Waals surface area (Å²) in [6, 6.07) is 7.52. The van der Waals surface area contributed by atoms with Crippen molar-refractivity contribution in [1.82, 2.24) is 5.32 Å². The van der Waals surface area contributed by atoms with Gasteiger partial charge in [-0.15, -0.1) is 0 Å². The van der Waals surface area contributed by atoms with E-state index in [1.54, 1.807) is 0 Å². The van der Waals surface area contributed by atoms with Gasteiger partial charge in [0.15, 0.2) is 0 Å². The fourth-order valence-electron chi connectivity index (χ4n) is 3.03. The van der Waals surface area contributed by atoms with Crippen molar-refractivity contribution in [2.45, 2.75) is 37.6 Å². The van der Waals surface area contributed by atoms with Crippen LogP contribution in [-0.2, 0) is 0 Å². The van der Waals surface area contributed by atoms with Crippen molar-refractivity contribution in [3.05, 3.63) is 34.3 Å². The first-order valence-electron chi connectivity index (χ1n) is 7.38. The lowest BCUT2D eigenvalue weighted by molar-refractivity contribution is -0.916. The molecule has 0 spiro atoms. The maximum Gasteiger partial charge on any atom is 0.251 e. The summed E-state index contributed by atoms with van der Waals surface area (Å²) in [5, 5.41) is 3.14. The third-order valence-electron chi connectivity index (χ3n) is 4.57. The molecule has 110 valence electrons. The van der Waals surface area contributed by atoms with Crippen molar-refractivity contribution in [2.24, 2.45) is 0 Å². The number of rotatable bonds is 4. The Bertz CT molecular complexity index is 450. The van der Waals surface area contributed by atoms with Gasteiger partial charge in [0, 0.05) is 22.9 Å². The highest BCUT2D eigenvalue weighted by Gasteiger charge is 2.38. The van der Waals surface area contributed by atoms with Crippen molar-refractivity contribution in [3.8, 4) is 0 Å². The molecule has 0 saturated heterocycles. The summed E-state index contributed by atoms with van der Waals surface area (Å²) in [6.07, 6.45) is 6.29. The van der Waals surface area contributed by atoms with Crippen LogP contribution in [0.1, 0.15) is 42.5 Å². The molecule has 1 aromatic carbocycles. The Kier molecular flexibility index (Phi) is 5.22. The van der Waals surface area contributed by atoms with E-state index in [4.69, 9.17) is 0 Å². The van der Waals surface area contributed by atoms with Gasteiger partial charge in [-0.05, 0) is 37.1 Å². The van der Waals surface area contributed by atoms with Crippen LogP contribution in [0, 0.1) is 0 Å². The fraction of sp³-hybridized carbons (Fsp3) is 0.562. The van der Waals surface area contributed by atoms with E-state index in [1.807, 2.05) is 24.3 Å². The molecule has 1 amide bonds. The van der Waals surface area contributed by atoms with Crippen LogP contribution in [0.15, 0.2) is 28.7 Å². The standard InChI is InChI=1S/C16H23BrN2O/c1-19(2)16(10-4-3-5-11-16)12-18-15(20)13-6-8-14(17)9-7-13/h6-9H,3-5,10-12H2,1-2H3,(H,18,20)/p+1. The summed E-state index contributed by atoms with van der Waals surface area (Å²) < 4.78 is 0.996.